The smallest absolute Gasteiger partial charge is 0.141 e. The summed E-state index contributed by atoms with van der Waals surface area (Å²) in [7, 11) is 0. The molecule has 3 unspecified atom stereocenters. The van der Waals surface area contributed by atoms with Crippen molar-refractivity contribution in [3.8, 4) is 0 Å². The lowest BCUT2D eigenvalue weighted by Crippen LogP contribution is -2.46. The van der Waals surface area contributed by atoms with Gasteiger partial charge in [0.15, 0.2) is 0 Å². The van der Waals surface area contributed by atoms with Crippen molar-refractivity contribution in [3.63, 3.8) is 0 Å². The summed E-state index contributed by atoms with van der Waals surface area (Å²) in [5, 5.41) is 0. The normalized spacial score (nSPS) is 45.1. The summed E-state index contributed by atoms with van der Waals surface area (Å²) in [5.74, 6) is 1.06. The third kappa shape index (κ3) is 1.23. The molecule has 2 aliphatic rings. The number of hydrogen-bond acceptors (Lipinski definition) is 2. The van der Waals surface area contributed by atoms with Crippen LogP contribution in [-0.2, 0) is 9.59 Å². The van der Waals surface area contributed by atoms with Gasteiger partial charge >= 0.3 is 0 Å². The van der Waals surface area contributed by atoms with Gasteiger partial charge in [-0.2, -0.15) is 0 Å². The lowest BCUT2D eigenvalue weighted by atomic mass is 9.59. The van der Waals surface area contributed by atoms with Crippen LogP contribution >= 0.6 is 0 Å². The van der Waals surface area contributed by atoms with Crippen LogP contribution in [0.5, 0.6) is 0 Å². The number of carbonyl (C=O) groups is 2. The van der Waals surface area contributed by atoms with Crippen LogP contribution in [0, 0.1) is 17.3 Å². The first-order valence-electron chi connectivity index (χ1n) is 5.10. The van der Waals surface area contributed by atoms with Crippen molar-refractivity contribution in [2.75, 3.05) is 0 Å². The molecule has 0 aromatic heterocycles. The molecule has 0 aliphatic heterocycles. The van der Waals surface area contributed by atoms with Gasteiger partial charge in [-0.15, -0.1) is 0 Å². The molecule has 2 heteroatoms. The molecule has 0 heterocycles. The van der Waals surface area contributed by atoms with Crippen LogP contribution < -0.4 is 0 Å². The molecular formula is C11H16O2. The number of rotatable bonds is 0. The van der Waals surface area contributed by atoms with Crippen LogP contribution in [0.1, 0.15) is 39.5 Å². The van der Waals surface area contributed by atoms with E-state index < -0.39 is 0 Å². The van der Waals surface area contributed by atoms with Gasteiger partial charge in [-0.3, -0.25) is 9.59 Å². The van der Waals surface area contributed by atoms with E-state index in [2.05, 4.69) is 0 Å². The summed E-state index contributed by atoms with van der Waals surface area (Å²) in [5.41, 5.74) is -0.170. The number of ketones is 2. The highest BCUT2D eigenvalue weighted by atomic mass is 16.1. The van der Waals surface area contributed by atoms with Crippen molar-refractivity contribution in [2.24, 2.45) is 17.3 Å². The van der Waals surface area contributed by atoms with Crippen molar-refractivity contribution in [1.82, 2.24) is 0 Å². The summed E-state index contributed by atoms with van der Waals surface area (Å²) in [6, 6.07) is 0. The highest BCUT2D eigenvalue weighted by Gasteiger charge is 2.48. The molecule has 2 rings (SSSR count). The van der Waals surface area contributed by atoms with Gasteiger partial charge in [0.25, 0.3) is 0 Å². The second kappa shape index (κ2) is 2.66. The van der Waals surface area contributed by atoms with E-state index in [-0.39, 0.29) is 17.3 Å². The lowest BCUT2D eigenvalue weighted by molar-refractivity contribution is -0.145. The van der Waals surface area contributed by atoms with Crippen molar-refractivity contribution in [3.05, 3.63) is 0 Å². The number of hydrogen-bond donors (Lipinski definition) is 0. The highest BCUT2D eigenvalue weighted by Crippen LogP contribution is 2.46. The predicted molar refractivity (Wildman–Crippen MR) is 49.2 cm³/mol. The molecule has 2 bridgehead atoms. The molecular weight excluding hydrogens is 164 g/mol. The fourth-order valence-corrected chi connectivity index (χ4v) is 2.93. The largest absolute Gasteiger partial charge is 0.299 e. The summed E-state index contributed by atoms with van der Waals surface area (Å²) in [6.07, 6.45) is 3.02. The topological polar surface area (TPSA) is 34.1 Å². The molecule has 0 aromatic rings. The minimum atomic E-state index is -0.170. The van der Waals surface area contributed by atoms with E-state index in [1.54, 1.807) is 0 Å². The second-order valence-electron chi connectivity index (χ2n) is 4.93. The summed E-state index contributed by atoms with van der Waals surface area (Å²) in [6.45, 7) is 4.00. The van der Waals surface area contributed by atoms with Gasteiger partial charge < -0.3 is 0 Å². The summed E-state index contributed by atoms with van der Waals surface area (Å²) < 4.78 is 0. The molecule has 0 saturated heterocycles. The van der Waals surface area contributed by atoms with Gasteiger partial charge in [0.2, 0.25) is 0 Å². The lowest BCUT2D eigenvalue weighted by Gasteiger charge is -2.43. The molecule has 72 valence electrons. The Bertz CT molecular complexity index is 269. The molecule has 0 N–H and O–H groups in total. The monoisotopic (exact) mass is 180 g/mol. The van der Waals surface area contributed by atoms with E-state index in [1.807, 2.05) is 13.8 Å². The summed E-state index contributed by atoms with van der Waals surface area (Å²) in [4.78, 5) is 23.3. The third-order valence-corrected chi connectivity index (χ3v) is 3.76. The Hall–Kier alpha value is -0.660. The zero-order valence-electron chi connectivity index (χ0n) is 8.30. The molecule has 0 spiro atoms. The molecule has 2 fully saturated rings. The fraction of sp³-hybridized carbons (Fsp3) is 0.818. The Labute approximate surface area is 78.7 Å². The number of Topliss-reactive ketones (excluding diaryl/α,β-unsaturated/α-hetero) is 2. The molecule has 2 aliphatic carbocycles. The van der Waals surface area contributed by atoms with Crippen LogP contribution in [-0.4, -0.2) is 11.6 Å². The van der Waals surface area contributed by atoms with Crippen LogP contribution in [0.2, 0.25) is 0 Å². The van der Waals surface area contributed by atoms with E-state index in [0.29, 0.717) is 18.0 Å². The van der Waals surface area contributed by atoms with E-state index in [9.17, 15) is 9.59 Å². The fourth-order valence-electron chi connectivity index (χ4n) is 2.93. The quantitative estimate of drug-likeness (QED) is 0.571. The Balaban J connectivity index is 2.29. The molecule has 2 saturated carbocycles. The van der Waals surface area contributed by atoms with Gasteiger partial charge in [-0.05, 0) is 19.3 Å². The molecule has 0 amide bonds. The summed E-state index contributed by atoms with van der Waals surface area (Å²) >= 11 is 0. The Kier molecular flexibility index (Phi) is 1.83. The number of carbonyl (C=O) groups excluding carboxylic acids is 2. The van der Waals surface area contributed by atoms with E-state index in [0.717, 1.165) is 19.3 Å². The van der Waals surface area contributed by atoms with Crippen molar-refractivity contribution < 1.29 is 9.59 Å². The first-order chi connectivity index (χ1) is 6.03. The standard InChI is InChI=1S/C11H16O2/c1-7-5-8-6-11(2,10(7)13)4-3-9(8)12/h7-8H,3-6H2,1-2H3. The maximum atomic E-state index is 11.9. The van der Waals surface area contributed by atoms with E-state index >= 15 is 0 Å². The van der Waals surface area contributed by atoms with E-state index in [4.69, 9.17) is 0 Å². The van der Waals surface area contributed by atoms with Gasteiger partial charge in [0.1, 0.15) is 11.6 Å². The maximum Gasteiger partial charge on any atom is 0.141 e. The Morgan fingerprint density at radius 3 is 2.77 bits per heavy atom. The average molecular weight is 180 g/mol. The predicted octanol–water partition coefficient (Wildman–Crippen LogP) is 1.97. The minimum absolute atomic E-state index is 0.105. The van der Waals surface area contributed by atoms with Crippen molar-refractivity contribution in [2.45, 2.75) is 39.5 Å². The van der Waals surface area contributed by atoms with Crippen LogP contribution in [0.15, 0.2) is 0 Å². The Morgan fingerprint density at radius 1 is 1.38 bits per heavy atom. The van der Waals surface area contributed by atoms with Gasteiger partial charge in [0, 0.05) is 23.7 Å². The molecule has 2 nitrogen and oxygen atoms in total. The minimum Gasteiger partial charge on any atom is -0.299 e. The van der Waals surface area contributed by atoms with Gasteiger partial charge in [-0.1, -0.05) is 13.8 Å². The first kappa shape index (κ1) is 8.92. The van der Waals surface area contributed by atoms with Crippen LogP contribution in [0.25, 0.3) is 0 Å². The van der Waals surface area contributed by atoms with Gasteiger partial charge in [-0.25, -0.2) is 0 Å². The highest BCUT2D eigenvalue weighted by molar-refractivity contribution is 5.93. The van der Waals surface area contributed by atoms with Crippen LogP contribution in [0.3, 0.4) is 0 Å². The molecule has 0 radical (unpaired) electrons. The second-order valence-corrected chi connectivity index (χ2v) is 4.93. The Morgan fingerprint density at radius 2 is 2.08 bits per heavy atom. The SMILES string of the molecule is CC1CC2CC(C)(CCC2=O)C1=O. The zero-order valence-corrected chi connectivity index (χ0v) is 8.30. The van der Waals surface area contributed by atoms with Gasteiger partial charge in [0.05, 0.1) is 0 Å². The first-order valence-corrected chi connectivity index (χ1v) is 5.10. The third-order valence-electron chi connectivity index (χ3n) is 3.76. The van der Waals surface area contributed by atoms with Crippen LogP contribution in [0.4, 0.5) is 0 Å². The molecule has 13 heavy (non-hydrogen) atoms. The molecule has 3 atom stereocenters. The zero-order chi connectivity index (χ0) is 9.64. The maximum absolute atomic E-state index is 11.9. The number of fused-ring (bicyclic) bond motifs is 2. The molecule has 0 aromatic carbocycles. The van der Waals surface area contributed by atoms with Crippen molar-refractivity contribution >= 4 is 11.6 Å². The average Bonchev–Trinajstić information content (AvgIpc) is 2.09. The van der Waals surface area contributed by atoms with E-state index in [1.165, 1.54) is 0 Å². The van der Waals surface area contributed by atoms with Crippen molar-refractivity contribution in [1.29, 1.82) is 0 Å².